The first kappa shape index (κ1) is 18.1. The maximum absolute atomic E-state index is 13.2. The summed E-state index contributed by atoms with van der Waals surface area (Å²) in [7, 11) is 0. The first-order chi connectivity index (χ1) is 13.5. The van der Waals surface area contributed by atoms with Crippen LogP contribution in [-0.4, -0.2) is 21.7 Å². The Bertz CT molecular complexity index is 991. The van der Waals surface area contributed by atoms with E-state index in [1.165, 1.54) is 0 Å². The zero-order chi connectivity index (χ0) is 19.7. The standard InChI is InChI=1S/C22H22N4O2/c1-13-8-9-18(24-11-13)26-22(28)19-14(2)25-16-6-3-7-17(27)21(16)20(19)15-5-4-10-23-12-15/h4-5,8-12,20,25H,3,6-7H2,1-2H3,(H,24,26,28). The summed E-state index contributed by atoms with van der Waals surface area (Å²) in [5.41, 5.74) is 4.76. The molecule has 0 bridgehead atoms. The number of hydrogen-bond acceptors (Lipinski definition) is 5. The van der Waals surface area contributed by atoms with E-state index in [9.17, 15) is 9.59 Å². The molecule has 0 saturated carbocycles. The van der Waals surface area contributed by atoms with Gasteiger partial charge in [-0.25, -0.2) is 4.98 Å². The molecule has 2 aromatic heterocycles. The number of nitrogens with zero attached hydrogens (tertiary/aromatic N) is 2. The monoisotopic (exact) mass is 374 g/mol. The van der Waals surface area contributed by atoms with Gasteiger partial charge in [0.1, 0.15) is 5.82 Å². The highest BCUT2D eigenvalue weighted by atomic mass is 16.2. The molecule has 6 nitrogen and oxygen atoms in total. The lowest BCUT2D eigenvalue weighted by molar-refractivity contribution is -0.116. The summed E-state index contributed by atoms with van der Waals surface area (Å²) in [5, 5.41) is 6.19. The Morgan fingerprint density at radius 2 is 2.04 bits per heavy atom. The molecule has 28 heavy (non-hydrogen) atoms. The molecule has 1 aliphatic carbocycles. The fraction of sp³-hybridized carbons (Fsp3) is 0.273. The van der Waals surface area contributed by atoms with Gasteiger partial charge in [0.2, 0.25) is 0 Å². The van der Waals surface area contributed by atoms with Crippen LogP contribution in [0.4, 0.5) is 5.82 Å². The Hall–Kier alpha value is -3.28. The Morgan fingerprint density at radius 3 is 2.75 bits per heavy atom. The van der Waals surface area contributed by atoms with Crippen LogP contribution in [0.15, 0.2) is 65.4 Å². The van der Waals surface area contributed by atoms with Crippen LogP contribution >= 0.6 is 0 Å². The lowest BCUT2D eigenvalue weighted by atomic mass is 9.75. The SMILES string of the molecule is CC1=C(C(=O)Nc2ccc(C)cn2)C(c2cccnc2)C2=C(CCCC2=O)N1. The number of anilines is 1. The lowest BCUT2D eigenvalue weighted by Crippen LogP contribution is -2.35. The van der Waals surface area contributed by atoms with Crippen molar-refractivity contribution in [3.63, 3.8) is 0 Å². The number of aryl methyl sites for hydroxylation is 1. The minimum absolute atomic E-state index is 0.0915. The van der Waals surface area contributed by atoms with Crippen molar-refractivity contribution in [2.75, 3.05) is 5.32 Å². The normalized spacial score (nSPS) is 19.2. The average molecular weight is 374 g/mol. The third-order valence-corrected chi connectivity index (χ3v) is 5.19. The van der Waals surface area contributed by atoms with E-state index in [1.807, 2.05) is 32.0 Å². The van der Waals surface area contributed by atoms with Crippen LogP contribution in [0.3, 0.4) is 0 Å². The highest BCUT2D eigenvalue weighted by Gasteiger charge is 2.38. The molecule has 2 N–H and O–H groups in total. The van der Waals surface area contributed by atoms with Gasteiger partial charge in [-0.3, -0.25) is 14.6 Å². The van der Waals surface area contributed by atoms with E-state index in [0.717, 1.165) is 35.4 Å². The van der Waals surface area contributed by atoms with E-state index in [2.05, 4.69) is 20.6 Å². The zero-order valence-corrected chi connectivity index (χ0v) is 16.0. The summed E-state index contributed by atoms with van der Waals surface area (Å²) >= 11 is 0. The van der Waals surface area contributed by atoms with E-state index < -0.39 is 5.92 Å². The first-order valence-corrected chi connectivity index (χ1v) is 9.42. The molecule has 0 saturated heterocycles. The number of hydrogen-bond donors (Lipinski definition) is 2. The highest BCUT2D eigenvalue weighted by molar-refractivity contribution is 6.09. The van der Waals surface area contributed by atoms with Crippen LogP contribution in [0.25, 0.3) is 0 Å². The minimum Gasteiger partial charge on any atom is -0.362 e. The fourth-order valence-electron chi connectivity index (χ4n) is 3.89. The van der Waals surface area contributed by atoms with Crippen molar-refractivity contribution in [3.05, 3.63) is 76.5 Å². The Balaban J connectivity index is 1.76. The second-order valence-electron chi connectivity index (χ2n) is 7.23. The van der Waals surface area contributed by atoms with Crippen LogP contribution in [0.5, 0.6) is 0 Å². The molecule has 1 unspecified atom stereocenters. The van der Waals surface area contributed by atoms with Crippen molar-refractivity contribution in [1.82, 2.24) is 15.3 Å². The molecule has 4 rings (SSSR count). The Morgan fingerprint density at radius 1 is 1.18 bits per heavy atom. The summed E-state index contributed by atoms with van der Waals surface area (Å²) in [6.07, 6.45) is 7.27. The maximum Gasteiger partial charge on any atom is 0.255 e. The molecule has 0 spiro atoms. The van der Waals surface area contributed by atoms with Crippen molar-refractivity contribution in [1.29, 1.82) is 0 Å². The van der Waals surface area contributed by atoms with Gasteiger partial charge in [-0.05, 0) is 49.9 Å². The third-order valence-electron chi connectivity index (χ3n) is 5.19. The molecule has 3 heterocycles. The van der Waals surface area contributed by atoms with E-state index in [0.29, 0.717) is 23.4 Å². The van der Waals surface area contributed by atoms with Gasteiger partial charge in [0.15, 0.2) is 5.78 Å². The third kappa shape index (κ3) is 3.33. The molecule has 2 aromatic rings. The van der Waals surface area contributed by atoms with E-state index in [1.54, 1.807) is 24.7 Å². The van der Waals surface area contributed by atoms with Gasteiger partial charge in [0, 0.05) is 53.5 Å². The zero-order valence-electron chi connectivity index (χ0n) is 16.0. The number of carbonyl (C=O) groups excluding carboxylic acids is 2. The summed E-state index contributed by atoms with van der Waals surface area (Å²) in [6.45, 7) is 3.82. The number of allylic oxidation sites excluding steroid dienone is 3. The highest BCUT2D eigenvalue weighted by Crippen LogP contribution is 2.42. The molecule has 1 atom stereocenters. The van der Waals surface area contributed by atoms with Crippen LogP contribution in [-0.2, 0) is 9.59 Å². The number of Topliss-reactive ketones (excluding diaryl/α,β-unsaturated/α-hetero) is 1. The molecular formula is C22H22N4O2. The van der Waals surface area contributed by atoms with Crippen molar-refractivity contribution in [3.8, 4) is 0 Å². The molecular weight excluding hydrogens is 352 g/mol. The maximum atomic E-state index is 13.2. The number of amides is 1. The molecule has 1 aliphatic heterocycles. The van der Waals surface area contributed by atoms with Crippen molar-refractivity contribution < 1.29 is 9.59 Å². The topological polar surface area (TPSA) is 84.0 Å². The molecule has 0 fully saturated rings. The number of nitrogens with one attached hydrogen (secondary N) is 2. The fourth-order valence-corrected chi connectivity index (χ4v) is 3.89. The molecule has 1 amide bonds. The summed E-state index contributed by atoms with van der Waals surface area (Å²) < 4.78 is 0. The van der Waals surface area contributed by atoms with Crippen LogP contribution in [0, 0.1) is 6.92 Å². The number of rotatable bonds is 3. The van der Waals surface area contributed by atoms with Gasteiger partial charge >= 0.3 is 0 Å². The first-order valence-electron chi connectivity index (χ1n) is 9.42. The molecule has 6 heteroatoms. The van der Waals surface area contributed by atoms with Gasteiger partial charge in [-0.1, -0.05) is 12.1 Å². The quantitative estimate of drug-likeness (QED) is 0.860. The number of aromatic nitrogens is 2. The largest absolute Gasteiger partial charge is 0.362 e. The van der Waals surface area contributed by atoms with Crippen LogP contribution in [0.1, 0.15) is 43.2 Å². The van der Waals surface area contributed by atoms with Crippen molar-refractivity contribution in [2.24, 2.45) is 0 Å². The van der Waals surface area contributed by atoms with Crippen LogP contribution in [0.2, 0.25) is 0 Å². The lowest BCUT2D eigenvalue weighted by Gasteiger charge is -2.34. The van der Waals surface area contributed by atoms with Gasteiger partial charge in [0.25, 0.3) is 5.91 Å². The number of pyridine rings is 2. The number of ketones is 1. The summed E-state index contributed by atoms with van der Waals surface area (Å²) in [6, 6.07) is 7.42. The Kier molecular flexibility index (Phi) is 4.77. The molecule has 0 radical (unpaired) electrons. The average Bonchev–Trinajstić information content (AvgIpc) is 2.69. The Labute approximate surface area is 163 Å². The predicted molar refractivity (Wildman–Crippen MR) is 106 cm³/mol. The van der Waals surface area contributed by atoms with Gasteiger partial charge in [-0.2, -0.15) is 0 Å². The van der Waals surface area contributed by atoms with Crippen molar-refractivity contribution >= 4 is 17.5 Å². The van der Waals surface area contributed by atoms with E-state index >= 15 is 0 Å². The number of carbonyl (C=O) groups is 2. The van der Waals surface area contributed by atoms with E-state index in [-0.39, 0.29) is 11.7 Å². The van der Waals surface area contributed by atoms with Crippen LogP contribution < -0.4 is 10.6 Å². The van der Waals surface area contributed by atoms with Gasteiger partial charge in [0.05, 0.1) is 0 Å². The molecule has 2 aliphatic rings. The second kappa shape index (κ2) is 7.38. The minimum atomic E-state index is -0.428. The molecule has 0 aromatic carbocycles. The summed E-state index contributed by atoms with van der Waals surface area (Å²) in [4.78, 5) is 34.5. The number of dihydropyridines is 1. The second-order valence-corrected chi connectivity index (χ2v) is 7.23. The summed E-state index contributed by atoms with van der Waals surface area (Å²) in [5.74, 6) is -0.118. The molecule has 142 valence electrons. The predicted octanol–water partition coefficient (Wildman–Crippen LogP) is 3.39. The van der Waals surface area contributed by atoms with Gasteiger partial charge in [-0.15, -0.1) is 0 Å². The van der Waals surface area contributed by atoms with Crippen molar-refractivity contribution in [2.45, 2.75) is 39.0 Å². The van der Waals surface area contributed by atoms with E-state index in [4.69, 9.17) is 0 Å². The van der Waals surface area contributed by atoms with Gasteiger partial charge < -0.3 is 10.6 Å². The smallest absolute Gasteiger partial charge is 0.255 e.